The van der Waals surface area contributed by atoms with Crippen LogP contribution < -0.4 is 10.0 Å². The Labute approximate surface area is 177 Å². The molecule has 1 rings (SSSR count). The van der Waals surface area contributed by atoms with Crippen LogP contribution in [0.1, 0.15) is 0 Å². The first-order valence-electron chi connectivity index (χ1n) is 8.22. The van der Waals surface area contributed by atoms with Crippen LogP contribution in [0.3, 0.4) is 0 Å². The number of hydrogen-bond donors (Lipinski definition) is 0. The molecule has 33 heavy (non-hydrogen) atoms. The van der Waals surface area contributed by atoms with E-state index in [1.807, 2.05) is 0 Å². The Hall–Kier alpha value is -1.55. The van der Waals surface area contributed by atoms with E-state index in [-0.39, 0.29) is 5.75 Å². The first-order valence-corrected chi connectivity index (χ1v) is 10.1. The van der Waals surface area contributed by atoms with Crippen molar-refractivity contribution < 1.29 is 75.5 Å². The molecule has 0 fully saturated rings. The zero-order valence-corrected chi connectivity index (χ0v) is 17.1. The minimum atomic E-state index is -7.15. The first-order chi connectivity index (χ1) is 14.7. The number of ether oxygens (including phenoxy) is 1. The molecule has 1 aromatic rings. The topological polar surface area (TPSA) is 46.2 Å². The first kappa shape index (κ1) is 29.5. The van der Waals surface area contributed by atoms with Gasteiger partial charge in [-0.3, -0.25) is 0 Å². The summed E-state index contributed by atoms with van der Waals surface area (Å²) in [6, 6.07) is 2.57. The fraction of sp³-hybridized carbons (Fsp3) is 0.600. The van der Waals surface area contributed by atoms with Crippen molar-refractivity contribution in [2.45, 2.75) is 24.7 Å². The van der Waals surface area contributed by atoms with Gasteiger partial charge in [-0.2, -0.15) is 0 Å². The molecule has 1 aromatic carbocycles. The second-order valence-corrected chi connectivity index (χ2v) is 9.24. The summed E-state index contributed by atoms with van der Waals surface area (Å²) in [7, 11) is -6.08. The van der Waals surface area contributed by atoms with Gasteiger partial charge in [0.1, 0.15) is 0 Å². The summed E-state index contributed by atoms with van der Waals surface area (Å²) < 4.78 is 176. The Balaban J connectivity index is 3.83. The van der Waals surface area contributed by atoms with E-state index in [1.54, 1.807) is 0 Å². The monoisotopic (exact) mass is 534 g/mol. The summed E-state index contributed by atoms with van der Waals surface area (Å²) in [5.74, 6) is -0.131. The second-order valence-electron chi connectivity index (χ2n) is 6.06. The van der Waals surface area contributed by atoms with E-state index in [0.29, 0.717) is 12.1 Å². The molecule has 0 radical (unpaired) electrons. The van der Waals surface area contributed by atoms with Gasteiger partial charge in [0.05, 0.1) is 0 Å². The van der Waals surface area contributed by atoms with Crippen LogP contribution in [0.25, 0.3) is 0 Å². The summed E-state index contributed by atoms with van der Waals surface area (Å²) in [5.41, 5.74) is 0. The molecule has 0 bridgehead atoms. The number of halogens is 12. The number of methoxy groups -OCH3 is 1. The van der Waals surface area contributed by atoms with Crippen molar-refractivity contribution in [2.24, 2.45) is 0 Å². The molecule has 0 N–H and O–H groups in total. The molecule has 0 aliphatic carbocycles. The minimum absolute atomic E-state index is 0.131. The molecule has 0 aromatic heterocycles. The Morgan fingerprint density at radius 2 is 0.818 bits per heavy atom. The fourth-order valence-corrected chi connectivity index (χ4v) is 5.24. The summed E-state index contributed by atoms with van der Waals surface area (Å²) in [6.45, 7) is -10.7. The normalized spacial score (nSPS) is 15.2. The summed E-state index contributed by atoms with van der Waals surface area (Å²) in [6.07, 6.45) is -21.8. The molecule has 0 amide bonds. The molecule has 0 unspecified atom stereocenters. The third-order valence-corrected chi connectivity index (χ3v) is 6.74. The Kier molecular flexibility index (Phi) is 8.91. The van der Waals surface area contributed by atoms with Crippen molar-refractivity contribution in [1.29, 1.82) is 0 Å². The number of alkyl halides is 12. The average Bonchev–Trinajstić information content (AvgIpc) is 2.65. The van der Waals surface area contributed by atoms with Gasteiger partial charge < -0.3 is 0 Å². The second kappa shape index (κ2) is 9.98. The third-order valence-electron chi connectivity index (χ3n) is 3.30. The molecular formula is C15H15F12O5P. The Morgan fingerprint density at radius 3 is 1.03 bits per heavy atom. The van der Waals surface area contributed by atoms with Crippen LogP contribution in [0.15, 0.2) is 24.3 Å². The molecule has 5 nitrogen and oxygen atoms in total. The number of rotatable bonds is 10. The van der Waals surface area contributed by atoms with Gasteiger partial charge in [-0.1, -0.05) is 0 Å². The van der Waals surface area contributed by atoms with Crippen LogP contribution in [-0.2, 0) is 18.1 Å². The van der Waals surface area contributed by atoms with Gasteiger partial charge in [0.2, 0.25) is 0 Å². The maximum atomic E-state index is 12.9. The van der Waals surface area contributed by atoms with Crippen LogP contribution in [0.2, 0.25) is 0 Å². The van der Waals surface area contributed by atoms with Gasteiger partial charge in [0.15, 0.2) is 0 Å². The van der Waals surface area contributed by atoms with Crippen molar-refractivity contribution in [2.75, 3.05) is 33.5 Å². The fourth-order valence-electron chi connectivity index (χ4n) is 2.09. The molecule has 0 saturated carbocycles. The number of hydrogen-bond acceptors (Lipinski definition) is 5. The van der Waals surface area contributed by atoms with Crippen molar-refractivity contribution >= 4 is 12.8 Å². The maximum absolute atomic E-state index is 12.9. The van der Waals surface area contributed by atoms with E-state index in [4.69, 9.17) is 4.74 Å². The molecule has 0 saturated heterocycles. The van der Waals surface area contributed by atoms with E-state index in [9.17, 15) is 52.7 Å². The van der Waals surface area contributed by atoms with Crippen molar-refractivity contribution in [3.63, 3.8) is 0 Å². The molecule has 18 heteroatoms. The van der Waals surface area contributed by atoms with Gasteiger partial charge in [-0.25, -0.2) is 0 Å². The van der Waals surface area contributed by atoms with Gasteiger partial charge >= 0.3 is 177 Å². The Bertz CT molecular complexity index is 673. The molecule has 0 atom stereocenters. The zero-order chi connectivity index (χ0) is 25.8. The van der Waals surface area contributed by atoms with Crippen LogP contribution in [0, 0.1) is 0 Å². The van der Waals surface area contributed by atoms with Crippen LogP contribution >= 0.6 is 7.51 Å². The van der Waals surface area contributed by atoms with E-state index in [2.05, 4.69) is 18.1 Å². The predicted molar refractivity (Wildman–Crippen MR) is 87.6 cm³/mol. The zero-order valence-electron chi connectivity index (χ0n) is 16.2. The summed E-state index contributed by atoms with van der Waals surface area (Å²) >= 11 is 0. The van der Waals surface area contributed by atoms with E-state index in [1.165, 1.54) is 0 Å². The van der Waals surface area contributed by atoms with Crippen molar-refractivity contribution in [3.05, 3.63) is 24.3 Å². The van der Waals surface area contributed by atoms with Crippen LogP contribution in [-0.4, -0.2) is 58.2 Å². The third kappa shape index (κ3) is 9.68. The average molecular weight is 534 g/mol. The van der Waals surface area contributed by atoms with Gasteiger partial charge in [-0.15, -0.1) is 0 Å². The van der Waals surface area contributed by atoms with Crippen LogP contribution in [0.5, 0.6) is 5.75 Å². The molecule has 0 heterocycles. The molecule has 0 aliphatic heterocycles. The SMILES string of the molecule is COc1ccc(P(OCC(F)(F)F)(OCC(F)(F)F)(OCC(F)(F)F)OCC(F)(F)F)cc1. The number of benzene rings is 1. The van der Waals surface area contributed by atoms with E-state index in [0.717, 1.165) is 19.2 Å². The standard InChI is InChI=1S/C15H15F12O5P/c1-28-10-2-4-11(5-3-10)33(29-6-12(16,17)18,30-7-13(19,20)21,31-8-14(22,23)24)32-9-15(25,26)27/h2-5H,6-9H2,1H3. The molecular weight excluding hydrogens is 519 g/mol. The van der Waals surface area contributed by atoms with Gasteiger partial charge in [0, 0.05) is 0 Å². The molecule has 0 aliphatic rings. The predicted octanol–water partition coefficient (Wildman–Crippen LogP) is 5.85. The van der Waals surface area contributed by atoms with Gasteiger partial charge in [-0.05, 0) is 0 Å². The van der Waals surface area contributed by atoms with Crippen molar-refractivity contribution in [3.8, 4) is 5.75 Å². The summed E-state index contributed by atoms with van der Waals surface area (Å²) in [4.78, 5) is 0. The molecule has 194 valence electrons. The van der Waals surface area contributed by atoms with Crippen molar-refractivity contribution in [1.82, 2.24) is 0 Å². The summed E-state index contributed by atoms with van der Waals surface area (Å²) in [5, 5.41) is -1.22. The van der Waals surface area contributed by atoms with E-state index >= 15 is 0 Å². The Morgan fingerprint density at radius 1 is 0.545 bits per heavy atom. The van der Waals surface area contributed by atoms with Crippen LogP contribution in [0.4, 0.5) is 52.7 Å². The van der Waals surface area contributed by atoms with Gasteiger partial charge in [0.25, 0.3) is 0 Å². The molecule has 0 spiro atoms. The van der Waals surface area contributed by atoms with E-state index < -0.39 is 63.9 Å². The quantitative estimate of drug-likeness (QED) is 0.279.